The van der Waals surface area contributed by atoms with Crippen molar-refractivity contribution in [1.82, 2.24) is 9.88 Å². The third-order valence-electron chi connectivity index (χ3n) is 4.12. The smallest absolute Gasteiger partial charge is 0.337 e. The summed E-state index contributed by atoms with van der Waals surface area (Å²) in [6.07, 6.45) is 1.06. The summed E-state index contributed by atoms with van der Waals surface area (Å²) in [5, 5.41) is 12.2. The van der Waals surface area contributed by atoms with Crippen LogP contribution >= 0.6 is 11.3 Å². The maximum atomic E-state index is 11.5. The zero-order chi connectivity index (χ0) is 16.2. The summed E-state index contributed by atoms with van der Waals surface area (Å²) in [5.41, 5.74) is 2.60. The molecule has 0 aliphatic carbocycles. The SMILES string of the molecule is COC(=O)c1ccc(-c2nc(CN3CCC(CO)C3)cs2)cc1. The van der Waals surface area contributed by atoms with Crippen LogP contribution in [0.3, 0.4) is 0 Å². The number of benzene rings is 1. The van der Waals surface area contributed by atoms with E-state index in [1.54, 1.807) is 23.5 Å². The molecule has 122 valence electrons. The number of nitrogens with zero attached hydrogens (tertiary/aromatic N) is 2. The van der Waals surface area contributed by atoms with Crippen molar-refractivity contribution in [2.75, 3.05) is 26.8 Å². The van der Waals surface area contributed by atoms with Crippen LogP contribution in [0.5, 0.6) is 0 Å². The van der Waals surface area contributed by atoms with Gasteiger partial charge in [-0.15, -0.1) is 11.3 Å². The number of carbonyl (C=O) groups is 1. The minimum absolute atomic E-state index is 0.269. The average Bonchev–Trinajstić information content (AvgIpc) is 3.24. The van der Waals surface area contributed by atoms with Gasteiger partial charge in [-0.3, -0.25) is 4.90 Å². The van der Waals surface area contributed by atoms with E-state index in [1.807, 2.05) is 12.1 Å². The van der Waals surface area contributed by atoms with E-state index < -0.39 is 0 Å². The van der Waals surface area contributed by atoms with Crippen LogP contribution < -0.4 is 0 Å². The fourth-order valence-corrected chi connectivity index (χ4v) is 3.63. The topological polar surface area (TPSA) is 62.7 Å². The van der Waals surface area contributed by atoms with E-state index in [0.29, 0.717) is 11.5 Å². The molecule has 1 aromatic carbocycles. The second kappa shape index (κ2) is 7.21. The molecule has 1 saturated heterocycles. The Morgan fingerprint density at radius 2 is 2.22 bits per heavy atom. The highest BCUT2D eigenvalue weighted by Crippen LogP contribution is 2.26. The summed E-state index contributed by atoms with van der Waals surface area (Å²) >= 11 is 1.61. The Kier molecular flexibility index (Phi) is 5.05. The molecule has 5 nitrogen and oxygen atoms in total. The van der Waals surface area contributed by atoms with E-state index in [-0.39, 0.29) is 12.6 Å². The Labute approximate surface area is 139 Å². The van der Waals surface area contributed by atoms with Gasteiger partial charge in [0.05, 0.1) is 18.4 Å². The third-order valence-corrected chi connectivity index (χ3v) is 5.06. The number of hydrogen-bond donors (Lipinski definition) is 1. The van der Waals surface area contributed by atoms with Crippen molar-refractivity contribution in [3.05, 3.63) is 40.9 Å². The van der Waals surface area contributed by atoms with Gasteiger partial charge >= 0.3 is 5.97 Å². The van der Waals surface area contributed by atoms with Gasteiger partial charge in [-0.1, -0.05) is 12.1 Å². The second-order valence-electron chi connectivity index (χ2n) is 5.79. The predicted molar refractivity (Wildman–Crippen MR) is 89.4 cm³/mol. The number of aliphatic hydroxyl groups excluding tert-OH is 1. The van der Waals surface area contributed by atoms with Crippen molar-refractivity contribution in [3.8, 4) is 10.6 Å². The van der Waals surface area contributed by atoms with Gasteiger partial charge in [0.25, 0.3) is 0 Å². The van der Waals surface area contributed by atoms with Crippen LogP contribution in [0.2, 0.25) is 0 Å². The van der Waals surface area contributed by atoms with Gasteiger partial charge in [-0.05, 0) is 31.0 Å². The first-order chi connectivity index (χ1) is 11.2. The Bertz CT molecular complexity index is 669. The number of thiazole rings is 1. The van der Waals surface area contributed by atoms with Gasteiger partial charge < -0.3 is 9.84 Å². The zero-order valence-electron chi connectivity index (χ0n) is 13.1. The van der Waals surface area contributed by atoms with Gasteiger partial charge in [0.1, 0.15) is 5.01 Å². The molecule has 1 atom stereocenters. The third kappa shape index (κ3) is 3.77. The summed E-state index contributed by atoms with van der Waals surface area (Å²) in [6, 6.07) is 7.31. The lowest BCUT2D eigenvalue weighted by Crippen LogP contribution is -2.21. The Hall–Kier alpha value is -1.76. The fourth-order valence-electron chi connectivity index (χ4n) is 2.81. The van der Waals surface area contributed by atoms with Gasteiger partial charge in [0, 0.05) is 30.6 Å². The van der Waals surface area contributed by atoms with E-state index >= 15 is 0 Å². The molecule has 0 bridgehead atoms. The number of carbonyl (C=O) groups excluding carboxylic acids is 1. The van der Waals surface area contributed by atoms with Crippen LogP contribution in [0.4, 0.5) is 0 Å². The van der Waals surface area contributed by atoms with Crippen molar-refractivity contribution < 1.29 is 14.6 Å². The molecule has 1 N–H and O–H groups in total. The molecule has 6 heteroatoms. The minimum Gasteiger partial charge on any atom is -0.465 e. The first kappa shape index (κ1) is 16.1. The monoisotopic (exact) mass is 332 g/mol. The number of hydrogen-bond acceptors (Lipinski definition) is 6. The lowest BCUT2D eigenvalue weighted by molar-refractivity contribution is 0.0601. The van der Waals surface area contributed by atoms with Crippen LogP contribution in [0.25, 0.3) is 10.6 Å². The van der Waals surface area contributed by atoms with Crippen LogP contribution in [0, 0.1) is 5.92 Å². The molecule has 3 rings (SSSR count). The highest BCUT2D eigenvalue weighted by atomic mass is 32.1. The molecule has 0 amide bonds. The van der Waals surface area contributed by atoms with Crippen molar-refractivity contribution in [3.63, 3.8) is 0 Å². The number of aromatic nitrogens is 1. The molecule has 1 aromatic heterocycles. The molecule has 1 aliphatic heterocycles. The lowest BCUT2D eigenvalue weighted by atomic mass is 10.1. The van der Waals surface area contributed by atoms with E-state index in [9.17, 15) is 9.90 Å². The summed E-state index contributed by atoms with van der Waals surface area (Å²) in [6.45, 7) is 3.06. The Morgan fingerprint density at radius 3 is 2.87 bits per heavy atom. The van der Waals surface area contributed by atoms with Crippen molar-refractivity contribution in [1.29, 1.82) is 0 Å². The number of esters is 1. The van der Waals surface area contributed by atoms with Crippen LogP contribution in [0.15, 0.2) is 29.6 Å². The van der Waals surface area contributed by atoms with Crippen LogP contribution in [-0.4, -0.2) is 47.8 Å². The van der Waals surface area contributed by atoms with Gasteiger partial charge in [-0.25, -0.2) is 9.78 Å². The maximum absolute atomic E-state index is 11.5. The average molecular weight is 332 g/mol. The normalized spacial score (nSPS) is 18.3. The highest BCUT2D eigenvalue weighted by Gasteiger charge is 2.22. The highest BCUT2D eigenvalue weighted by molar-refractivity contribution is 7.13. The summed E-state index contributed by atoms with van der Waals surface area (Å²) in [7, 11) is 1.38. The largest absolute Gasteiger partial charge is 0.465 e. The van der Waals surface area contributed by atoms with Gasteiger partial charge in [-0.2, -0.15) is 0 Å². The molecule has 0 saturated carbocycles. The molecule has 2 heterocycles. The molecule has 0 radical (unpaired) electrons. The standard InChI is InChI=1S/C17H20N2O3S/c1-22-17(21)14-4-2-13(3-5-14)16-18-15(11-23-16)9-19-7-6-12(8-19)10-20/h2-5,11-12,20H,6-10H2,1H3. The molecular formula is C17H20N2O3S. The summed E-state index contributed by atoms with van der Waals surface area (Å²) in [4.78, 5) is 18.5. The summed E-state index contributed by atoms with van der Waals surface area (Å²) < 4.78 is 4.70. The van der Waals surface area contributed by atoms with Crippen LogP contribution in [0.1, 0.15) is 22.5 Å². The number of aliphatic hydroxyl groups is 1. The predicted octanol–water partition coefficient (Wildman–Crippen LogP) is 2.41. The molecule has 1 unspecified atom stereocenters. The number of methoxy groups -OCH3 is 1. The summed E-state index contributed by atoms with van der Waals surface area (Å²) in [5.74, 6) is 0.0721. The zero-order valence-corrected chi connectivity index (χ0v) is 13.9. The number of ether oxygens (including phenoxy) is 1. The molecular weight excluding hydrogens is 312 g/mol. The minimum atomic E-state index is -0.330. The van der Waals surface area contributed by atoms with E-state index in [1.165, 1.54) is 7.11 Å². The van der Waals surface area contributed by atoms with E-state index in [4.69, 9.17) is 4.74 Å². The molecule has 1 aliphatic rings. The van der Waals surface area contributed by atoms with Gasteiger partial charge in [0.2, 0.25) is 0 Å². The first-order valence-electron chi connectivity index (χ1n) is 7.66. The molecule has 1 fully saturated rings. The Morgan fingerprint density at radius 1 is 1.43 bits per heavy atom. The Balaban J connectivity index is 1.66. The van der Waals surface area contributed by atoms with Crippen molar-refractivity contribution >= 4 is 17.3 Å². The number of rotatable bonds is 5. The van der Waals surface area contributed by atoms with Gasteiger partial charge in [0.15, 0.2) is 0 Å². The maximum Gasteiger partial charge on any atom is 0.337 e. The quantitative estimate of drug-likeness (QED) is 0.852. The van der Waals surface area contributed by atoms with Crippen molar-refractivity contribution in [2.24, 2.45) is 5.92 Å². The second-order valence-corrected chi connectivity index (χ2v) is 6.64. The van der Waals surface area contributed by atoms with Crippen molar-refractivity contribution in [2.45, 2.75) is 13.0 Å². The first-order valence-corrected chi connectivity index (χ1v) is 8.54. The van der Waals surface area contributed by atoms with E-state index in [0.717, 1.165) is 42.3 Å². The fraction of sp³-hybridized carbons (Fsp3) is 0.412. The van der Waals surface area contributed by atoms with E-state index in [2.05, 4.69) is 15.3 Å². The van der Waals surface area contributed by atoms with Crippen LogP contribution in [-0.2, 0) is 11.3 Å². The molecule has 2 aromatic rings. The molecule has 23 heavy (non-hydrogen) atoms. The molecule has 0 spiro atoms. The number of likely N-dealkylation sites (tertiary alicyclic amines) is 1. The lowest BCUT2D eigenvalue weighted by Gasteiger charge is -2.13.